The molecule has 0 fully saturated rings. The molecule has 1 aromatic carbocycles. The molecule has 0 heterocycles. The Hall–Kier alpha value is -0.410. The van der Waals surface area contributed by atoms with E-state index in [-0.39, 0.29) is 16.3 Å². The first-order chi connectivity index (χ1) is 6.90. The molecule has 0 atom stereocenters. The number of nitriles is 1. The highest BCUT2D eigenvalue weighted by Gasteiger charge is 2.17. The van der Waals surface area contributed by atoms with E-state index in [0.717, 1.165) is 0 Å². The van der Waals surface area contributed by atoms with Crippen LogP contribution in [0.5, 0.6) is 0 Å². The third-order valence-electron chi connectivity index (χ3n) is 1.71. The number of nitrogens with zero attached hydrogens (tertiary/aromatic N) is 1. The molecule has 0 bridgehead atoms. The standard InChI is InChI=1S/C8H5Cl2NO2S2/c9-3-5-1-6(4-11)8(2-7(5)14)15(10,12)13/h1-2,14H,3H2. The van der Waals surface area contributed by atoms with Crippen LogP contribution in [0.4, 0.5) is 0 Å². The van der Waals surface area contributed by atoms with Gasteiger partial charge in [0.05, 0.1) is 5.56 Å². The molecule has 0 radical (unpaired) electrons. The molecule has 0 aliphatic heterocycles. The average molecular weight is 282 g/mol. The summed E-state index contributed by atoms with van der Waals surface area (Å²) in [6.45, 7) is 0. The number of alkyl halides is 1. The summed E-state index contributed by atoms with van der Waals surface area (Å²) in [7, 11) is 1.23. The fraction of sp³-hybridized carbons (Fsp3) is 0.125. The molecule has 80 valence electrons. The molecular formula is C8H5Cl2NO2S2. The molecule has 3 nitrogen and oxygen atoms in total. The Morgan fingerprint density at radius 2 is 2.07 bits per heavy atom. The first-order valence-electron chi connectivity index (χ1n) is 3.66. The van der Waals surface area contributed by atoms with Crippen LogP contribution in [0, 0.1) is 11.3 Å². The van der Waals surface area contributed by atoms with Crippen LogP contribution in [-0.4, -0.2) is 8.42 Å². The van der Waals surface area contributed by atoms with E-state index in [4.69, 9.17) is 27.5 Å². The molecular weight excluding hydrogens is 277 g/mol. The van der Waals surface area contributed by atoms with Crippen LogP contribution in [0.3, 0.4) is 0 Å². The van der Waals surface area contributed by atoms with Gasteiger partial charge in [0.15, 0.2) is 0 Å². The number of thiol groups is 1. The van der Waals surface area contributed by atoms with E-state index in [2.05, 4.69) is 12.6 Å². The summed E-state index contributed by atoms with van der Waals surface area (Å²) in [5.74, 6) is 0.149. The van der Waals surface area contributed by atoms with Crippen molar-refractivity contribution < 1.29 is 8.42 Å². The third kappa shape index (κ3) is 2.79. The van der Waals surface area contributed by atoms with Crippen LogP contribution >= 0.6 is 34.9 Å². The van der Waals surface area contributed by atoms with Crippen molar-refractivity contribution in [3.05, 3.63) is 23.3 Å². The number of halogens is 2. The Morgan fingerprint density at radius 3 is 2.47 bits per heavy atom. The van der Waals surface area contributed by atoms with Crippen LogP contribution in [-0.2, 0) is 14.9 Å². The van der Waals surface area contributed by atoms with Crippen molar-refractivity contribution in [1.29, 1.82) is 5.26 Å². The molecule has 0 unspecified atom stereocenters. The maximum atomic E-state index is 11.1. The van der Waals surface area contributed by atoms with Crippen molar-refractivity contribution in [2.45, 2.75) is 15.7 Å². The zero-order valence-electron chi connectivity index (χ0n) is 7.24. The lowest BCUT2D eigenvalue weighted by Gasteiger charge is -2.05. The van der Waals surface area contributed by atoms with Crippen LogP contribution < -0.4 is 0 Å². The van der Waals surface area contributed by atoms with Gasteiger partial charge in [-0.25, -0.2) is 8.42 Å². The minimum atomic E-state index is -3.94. The Morgan fingerprint density at radius 1 is 1.47 bits per heavy atom. The first kappa shape index (κ1) is 12.7. The molecule has 1 rings (SSSR count). The lowest BCUT2D eigenvalue weighted by atomic mass is 10.1. The largest absolute Gasteiger partial charge is 0.262 e. The summed E-state index contributed by atoms with van der Waals surface area (Å²) < 4.78 is 22.2. The predicted molar refractivity (Wildman–Crippen MR) is 61.0 cm³/mol. The zero-order valence-corrected chi connectivity index (χ0v) is 10.5. The number of rotatable bonds is 2. The van der Waals surface area contributed by atoms with E-state index in [1.165, 1.54) is 12.1 Å². The van der Waals surface area contributed by atoms with Gasteiger partial charge in [0.25, 0.3) is 9.05 Å². The van der Waals surface area contributed by atoms with Crippen LogP contribution in [0.2, 0.25) is 0 Å². The molecule has 1 aromatic rings. The summed E-state index contributed by atoms with van der Waals surface area (Å²) in [6, 6.07) is 4.34. The molecule has 0 N–H and O–H groups in total. The Labute approximate surface area is 102 Å². The predicted octanol–water partition coefficient (Wildman–Crippen LogP) is 2.51. The fourth-order valence-electron chi connectivity index (χ4n) is 1.01. The van der Waals surface area contributed by atoms with Crippen molar-refractivity contribution >= 4 is 44.0 Å². The molecule has 0 amide bonds. The lowest BCUT2D eigenvalue weighted by Crippen LogP contribution is -1.97. The van der Waals surface area contributed by atoms with Gasteiger partial charge in [-0.05, 0) is 17.7 Å². The minimum absolute atomic E-state index is 0.0292. The molecule has 0 saturated heterocycles. The van der Waals surface area contributed by atoms with E-state index in [9.17, 15) is 8.42 Å². The van der Waals surface area contributed by atoms with E-state index in [1.54, 1.807) is 6.07 Å². The molecule has 0 spiro atoms. The van der Waals surface area contributed by atoms with Gasteiger partial charge in [0.1, 0.15) is 11.0 Å². The maximum absolute atomic E-state index is 11.1. The molecule has 7 heteroatoms. The van der Waals surface area contributed by atoms with Gasteiger partial charge in [0, 0.05) is 21.5 Å². The van der Waals surface area contributed by atoms with Gasteiger partial charge in [-0.2, -0.15) is 5.26 Å². The van der Waals surface area contributed by atoms with Gasteiger partial charge in [-0.1, -0.05) is 0 Å². The zero-order chi connectivity index (χ0) is 11.6. The quantitative estimate of drug-likeness (QED) is 0.515. The number of hydrogen-bond donors (Lipinski definition) is 1. The second-order valence-corrected chi connectivity index (χ2v) is 5.94. The van der Waals surface area contributed by atoms with Gasteiger partial charge >= 0.3 is 0 Å². The number of hydrogen-bond acceptors (Lipinski definition) is 4. The summed E-state index contributed by atoms with van der Waals surface area (Å²) >= 11 is 9.64. The van der Waals surface area contributed by atoms with E-state index >= 15 is 0 Å². The Kier molecular flexibility index (Phi) is 3.90. The van der Waals surface area contributed by atoms with E-state index in [1.807, 2.05) is 0 Å². The van der Waals surface area contributed by atoms with Crippen molar-refractivity contribution in [2.75, 3.05) is 0 Å². The van der Waals surface area contributed by atoms with Gasteiger partial charge in [-0.15, -0.1) is 24.2 Å². The SMILES string of the molecule is N#Cc1cc(CCl)c(S)cc1S(=O)(=O)Cl. The highest BCUT2D eigenvalue weighted by molar-refractivity contribution is 8.13. The number of benzene rings is 1. The topological polar surface area (TPSA) is 57.9 Å². The summed E-state index contributed by atoms with van der Waals surface area (Å²) in [5.41, 5.74) is 0.555. The Bertz CT molecular complexity index is 534. The second kappa shape index (κ2) is 4.62. The van der Waals surface area contributed by atoms with E-state index < -0.39 is 9.05 Å². The highest BCUT2D eigenvalue weighted by atomic mass is 35.7. The van der Waals surface area contributed by atoms with Crippen LogP contribution in [0.15, 0.2) is 21.9 Å². The maximum Gasteiger partial charge on any atom is 0.262 e. The molecule has 0 saturated carbocycles. The minimum Gasteiger partial charge on any atom is -0.207 e. The monoisotopic (exact) mass is 281 g/mol. The van der Waals surface area contributed by atoms with Crippen molar-refractivity contribution in [3.63, 3.8) is 0 Å². The van der Waals surface area contributed by atoms with E-state index in [0.29, 0.717) is 10.5 Å². The molecule has 0 aliphatic carbocycles. The summed E-state index contributed by atoms with van der Waals surface area (Å²) in [5, 5.41) is 8.75. The third-order valence-corrected chi connectivity index (χ3v) is 3.77. The fourth-order valence-corrected chi connectivity index (χ4v) is 2.69. The van der Waals surface area contributed by atoms with Crippen molar-refractivity contribution in [3.8, 4) is 6.07 Å². The van der Waals surface area contributed by atoms with Crippen LogP contribution in [0.1, 0.15) is 11.1 Å². The molecule has 0 aromatic heterocycles. The van der Waals surface area contributed by atoms with Gasteiger partial charge in [0.2, 0.25) is 0 Å². The lowest BCUT2D eigenvalue weighted by molar-refractivity contribution is 0.609. The molecule has 0 aliphatic rings. The summed E-state index contributed by atoms with van der Waals surface area (Å²) in [4.78, 5) is 0.147. The highest BCUT2D eigenvalue weighted by Crippen LogP contribution is 2.26. The molecule has 15 heavy (non-hydrogen) atoms. The van der Waals surface area contributed by atoms with Crippen molar-refractivity contribution in [2.24, 2.45) is 0 Å². The normalized spacial score (nSPS) is 11.1. The first-order valence-corrected chi connectivity index (χ1v) is 6.96. The summed E-state index contributed by atoms with van der Waals surface area (Å²) in [6.07, 6.45) is 0. The van der Waals surface area contributed by atoms with Crippen molar-refractivity contribution in [1.82, 2.24) is 0 Å². The average Bonchev–Trinajstić information content (AvgIpc) is 2.16. The smallest absolute Gasteiger partial charge is 0.207 e. The Balaban J connectivity index is 3.57. The van der Waals surface area contributed by atoms with Gasteiger partial charge in [-0.3, -0.25) is 0 Å². The van der Waals surface area contributed by atoms with Gasteiger partial charge < -0.3 is 0 Å². The van der Waals surface area contributed by atoms with Crippen LogP contribution in [0.25, 0.3) is 0 Å². The second-order valence-electron chi connectivity index (χ2n) is 2.66.